The SMILES string of the molecule is COC(=O)c1c(OCCN2CCCCC2)cc(=O)n2c1CCN(C(=O)COc1ccc(C)cc1)CC2. The zero-order valence-corrected chi connectivity index (χ0v) is 21.2. The Balaban J connectivity index is 1.45. The molecule has 0 atom stereocenters. The number of nitrogens with zero attached hydrogens (tertiary/aromatic N) is 3. The van der Waals surface area contributed by atoms with E-state index in [1.54, 1.807) is 9.47 Å². The fourth-order valence-corrected chi connectivity index (χ4v) is 4.77. The van der Waals surface area contributed by atoms with Gasteiger partial charge in [0.25, 0.3) is 11.5 Å². The van der Waals surface area contributed by atoms with Gasteiger partial charge in [0.05, 0.1) is 7.11 Å². The first-order valence-electron chi connectivity index (χ1n) is 12.6. The average Bonchev–Trinajstić information content (AvgIpc) is 3.12. The van der Waals surface area contributed by atoms with Crippen molar-refractivity contribution in [2.45, 2.75) is 39.2 Å². The molecule has 3 heterocycles. The van der Waals surface area contributed by atoms with Crippen LogP contribution >= 0.6 is 0 Å². The molecular weight excluding hydrogens is 462 g/mol. The molecule has 2 aromatic rings. The molecule has 1 aromatic carbocycles. The number of rotatable bonds is 8. The molecule has 0 N–H and O–H groups in total. The van der Waals surface area contributed by atoms with E-state index in [0.717, 1.165) is 25.2 Å². The zero-order valence-electron chi connectivity index (χ0n) is 21.2. The molecular formula is C27H35N3O6. The van der Waals surface area contributed by atoms with Gasteiger partial charge in [0.1, 0.15) is 23.7 Å². The van der Waals surface area contributed by atoms with Gasteiger partial charge in [-0.3, -0.25) is 14.5 Å². The van der Waals surface area contributed by atoms with Gasteiger partial charge in [-0.15, -0.1) is 0 Å². The van der Waals surface area contributed by atoms with E-state index in [1.165, 1.54) is 32.4 Å². The molecule has 1 aromatic heterocycles. The monoisotopic (exact) mass is 497 g/mol. The van der Waals surface area contributed by atoms with E-state index in [9.17, 15) is 14.4 Å². The van der Waals surface area contributed by atoms with Gasteiger partial charge >= 0.3 is 5.97 Å². The van der Waals surface area contributed by atoms with Gasteiger partial charge in [0.15, 0.2) is 6.61 Å². The molecule has 194 valence electrons. The Hall–Kier alpha value is -3.33. The minimum atomic E-state index is -0.547. The lowest BCUT2D eigenvalue weighted by Gasteiger charge is -2.26. The Morgan fingerprint density at radius 1 is 0.944 bits per heavy atom. The maximum atomic E-state index is 13.0. The van der Waals surface area contributed by atoms with Crippen molar-refractivity contribution < 1.29 is 23.8 Å². The van der Waals surface area contributed by atoms with Crippen LogP contribution in [-0.4, -0.2) is 79.3 Å². The molecule has 9 heteroatoms. The van der Waals surface area contributed by atoms with Crippen LogP contribution in [0.4, 0.5) is 0 Å². The van der Waals surface area contributed by atoms with Crippen LogP contribution in [0.5, 0.6) is 11.5 Å². The van der Waals surface area contributed by atoms with Crippen molar-refractivity contribution in [1.29, 1.82) is 0 Å². The number of pyridine rings is 1. The summed E-state index contributed by atoms with van der Waals surface area (Å²) >= 11 is 0. The first-order chi connectivity index (χ1) is 17.5. The van der Waals surface area contributed by atoms with Crippen molar-refractivity contribution in [3.63, 3.8) is 0 Å². The molecule has 36 heavy (non-hydrogen) atoms. The molecule has 1 saturated heterocycles. The summed E-state index contributed by atoms with van der Waals surface area (Å²) in [4.78, 5) is 42.6. The van der Waals surface area contributed by atoms with Crippen LogP contribution in [0.25, 0.3) is 0 Å². The highest BCUT2D eigenvalue weighted by Gasteiger charge is 2.27. The number of amides is 1. The first kappa shape index (κ1) is 25.8. The lowest BCUT2D eigenvalue weighted by molar-refractivity contribution is -0.133. The van der Waals surface area contributed by atoms with Crippen LogP contribution in [-0.2, 0) is 22.5 Å². The number of methoxy groups -OCH3 is 1. The fourth-order valence-electron chi connectivity index (χ4n) is 4.77. The number of aromatic nitrogens is 1. The summed E-state index contributed by atoms with van der Waals surface area (Å²) in [6.45, 7) is 6.08. The molecule has 4 rings (SSSR count). The standard InChI is InChI=1S/C27H35N3O6/c1-20-6-8-21(9-7-20)36-19-25(32)29-13-10-22-26(27(33)34-2)23(18-24(31)30(22)15-14-29)35-17-16-28-11-4-3-5-12-28/h6-9,18H,3-5,10-17,19H2,1-2H3. The predicted molar refractivity (Wildman–Crippen MR) is 135 cm³/mol. The Morgan fingerprint density at radius 3 is 2.42 bits per heavy atom. The van der Waals surface area contributed by atoms with E-state index in [-0.39, 0.29) is 35.9 Å². The quantitative estimate of drug-likeness (QED) is 0.517. The number of carbonyl (C=O) groups excluding carboxylic acids is 2. The van der Waals surface area contributed by atoms with Gasteiger partial charge in [-0.25, -0.2) is 4.79 Å². The highest BCUT2D eigenvalue weighted by molar-refractivity contribution is 5.93. The number of hydrogen-bond donors (Lipinski definition) is 0. The fraction of sp³-hybridized carbons (Fsp3) is 0.519. The molecule has 0 spiro atoms. The lowest BCUT2D eigenvalue weighted by Crippen LogP contribution is -2.37. The van der Waals surface area contributed by atoms with E-state index in [4.69, 9.17) is 14.2 Å². The predicted octanol–water partition coefficient (Wildman–Crippen LogP) is 2.27. The lowest BCUT2D eigenvalue weighted by atomic mass is 10.1. The van der Waals surface area contributed by atoms with Crippen LogP contribution in [0.3, 0.4) is 0 Å². The Labute approximate surface area is 211 Å². The number of hydrogen-bond acceptors (Lipinski definition) is 7. The molecule has 0 aliphatic carbocycles. The van der Waals surface area contributed by atoms with E-state index < -0.39 is 5.97 Å². The number of piperidine rings is 1. The van der Waals surface area contributed by atoms with E-state index in [0.29, 0.717) is 37.6 Å². The third-order valence-electron chi connectivity index (χ3n) is 6.83. The van der Waals surface area contributed by atoms with E-state index >= 15 is 0 Å². The van der Waals surface area contributed by atoms with Gasteiger partial charge in [-0.1, -0.05) is 24.1 Å². The number of likely N-dealkylation sites (tertiary alicyclic amines) is 1. The summed E-state index contributed by atoms with van der Waals surface area (Å²) in [5.41, 5.74) is 1.66. The maximum absolute atomic E-state index is 13.0. The van der Waals surface area contributed by atoms with Crippen molar-refractivity contribution in [3.8, 4) is 11.5 Å². The Kier molecular flexibility index (Phi) is 8.64. The Morgan fingerprint density at radius 2 is 1.69 bits per heavy atom. The van der Waals surface area contributed by atoms with E-state index in [1.807, 2.05) is 31.2 Å². The van der Waals surface area contributed by atoms with Crippen molar-refractivity contribution >= 4 is 11.9 Å². The van der Waals surface area contributed by atoms with Crippen molar-refractivity contribution in [2.24, 2.45) is 0 Å². The second-order valence-corrected chi connectivity index (χ2v) is 9.30. The van der Waals surface area contributed by atoms with Gasteiger partial charge < -0.3 is 23.7 Å². The number of ether oxygens (including phenoxy) is 3. The van der Waals surface area contributed by atoms with Gasteiger partial charge in [-0.2, -0.15) is 0 Å². The highest BCUT2D eigenvalue weighted by atomic mass is 16.5. The smallest absolute Gasteiger partial charge is 0.343 e. The molecule has 0 saturated carbocycles. The minimum absolute atomic E-state index is 0.0942. The van der Waals surface area contributed by atoms with Crippen LogP contribution in [0.1, 0.15) is 40.9 Å². The summed E-state index contributed by atoms with van der Waals surface area (Å²) < 4.78 is 18.2. The molecule has 0 unspecified atom stereocenters. The third kappa shape index (κ3) is 6.26. The second kappa shape index (κ2) is 12.1. The summed E-state index contributed by atoms with van der Waals surface area (Å²) in [7, 11) is 1.32. The topological polar surface area (TPSA) is 90.3 Å². The Bertz CT molecular complexity index is 1120. The summed E-state index contributed by atoms with van der Waals surface area (Å²) in [5, 5.41) is 0. The maximum Gasteiger partial charge on any atom is 0.343 e. The van der Waals surface area contributed by atoms with Crippen molar-refractivity contribution in [2.75, 3.05) is 53.0 Å². The highest BCUT2D eigenvalue weighted by Crippen LogP contribution is 2.24. The third-order valence-corrected chi connectivity index (χ3v) is 6.83. The summed E-state index contributed by atoms with van der Waals surface area (Å²) in [6.07, 6.45) is 3.94. The summed E-state index contributed by atoms with van der Waals surface area (Å²) in [5.74, 6) is 0.156. The van der Waals surface area contributed by atoms with Crippen LogP contribution < -0.4 is 15.0 Å². The van der Waals surface area contributed by atoms with Gasteiger partial charge in [0.2, 0.25) is 0 Å². The molecule has 1 amide bonds. The first-order valence-corrected chi connectivity index (χ1v) is 12.6. The van der Waals surface area contributed by atoms with Crippen LogP contribution in [0, 0.1) is 6.92 Å². The van der Waals surface area contributed by atoms with Gasteiger partial charge in [0, 0.05) is 44.4 Å². The number of fused-ring (bicyclic) bond motifs is 1. The van der Waals surface area contributed by atoms with Crippen LogP contribution in [0.2, 0.25) is 0 Å². The molecule has 0 bridgehead atoms. The normalized spacial score (nSPS) is 16.1. The van der Waals surface area contributed by atoms with Gasteiger partial charge in [-0.05, 0) is 45.0 Å². The number of esters is 1. The molecule has 2 aliphatic heterocycles. The largest absolute Gasteiger partial charge is 0.491 e. The second-order valence-electron chi connectivity index (χ2n) is 9.30. The zero-order chi connectivity index (χ0) is 25.5. The van der Waals surface area contributed by atoms with Crippen LogP contribution in [0.15, 0.2) is 35.1 Å². The summed E-state index contributed by atoms with van der Waals surface area (Å²) in [6, 6.07) is 8.88. The molecule has 2 aliphatic rings. The molecule has 0 radical (unpaired) electrons. The number of aryl methyl sites for hydroxylation is 1. The van der Waals surface area contributed by atoms with E-state index in [2.05, 4.69) is 4.90 Å². The molecule has 9 nitrogen and oxygen atoms in total. The number of benzene rings is 1. The minimum Gasteiger partial charge on any atom is -0.491 e. The molecule has 1 fully saturated rings. The number of carbonyl (C=O) groups is 2. The van der Waals surface area contributed by atoms with Crippen molar-refractivity contribution in [3.05, 3.63) is 57.5 Å². The van der Waals surface area contributed by atoms with Crippen molar-refractivity contribution in [1.82, 2.24) is 14.4 Å². The average molecular weight is 498 g/mol.